The summed E-state index contributed by atoms with van der Waals surface area (Å²) in [6.07, 6.45) is 0.787. The maximum atomic E-state index is 15.3. The number of nitrogens with zero attached hydrogens (tertiary/aromatic N) is 4. The number of hydrogen-bond acceptors (Lipinski definition) is 7. The molecule has 0 atom stereocenters. The number of hydrogen-bond donors (Lipinski definition) is 3. The molecule has 2 aromatic carbocycles. The molecule has 1 saturated carbocycles. The van der Waals surface area contributed by atoms with Crippen LogP contribution in [0.4, 0.5) is 24.7 Å². The minimum Gasteiger partial charge on any atom is -0.496 e. The highest BCUT2D eigenvalue weighted by molar-refractivity contribution is 6.02. The smallest absolute Gasteiger partial charge is 0.283 e. The number of benzene rings is 2. The van der Waals surface area contributed by atoms with Crippen molar-refractivity contribution in [3.8, 4) is 28.1 Å². The number of ether oxygens (including phenoxy) is 1. The van der Waals surface area contributed by atoms with Crippen molar-refractivity contribution in [1.29, 1.82) is 0 Å². The third kappa shape index (κ3) is 4.85. The van der Waals surface area contributed by atoms with Gasteiger partial charge in [-0.25, -0.2) is 18.2 Å². The van der Waals surface area contributed by atoms with Gasteiger partial charge < -0.3 is 21.1 Å². The van der Waals surface area contributed by atoms with Gasteiger partial charge in [0.25, 0.3) is 11.8 Å². The second kappa shape index (κ2) is 10.1. The number of anilines is 2. The van der Waals surface area contributed by atoms with Crippen molar-refractivity contribution >= 4 is 28.8 Å². The van der Waals surface area contributed by atoms with Crippen molar-refractivity contribution < 1.29 is 27.5 Å². The number of nitrogen functional groups attached to an aromatic ring is 1. The van der Waals surface area contributed by atoms with E-state index >= 15 is 4.39 Å². The maximum absolute atomic E-state index is 15.3. The van der Waals surface area contributed by atoms with Crippen molar-refractivity contribution in [2.24, 2.45) is 0 Å². The molecule has 10 nitrogen and oxygen atoms in total. The Balaban J connectivity index is 1.59. The van der Waals surface area contributed by atoms with E-state index in [0.717, 1.165) is 6.07 Å². The summed E-state index contributed by atoms with van der Waals surface area (Å²) in [6.45, 7) is 2.91. The van der Waals surface area contributed by atoms with Crippen LogP contribution in [0.3, 0.4) is 0 Å². The first-order chi connectivity index (χ1) is 18.7. The Bertz CT molecular complexity index is 1630. The molecule has 4 aromatic rings. The van der Waals surface area contributed by atoms with E-state index in [0.29, 0.717) is 11.1 Å². The minimum atomic E-state index is -1.22. The summed E-state index contributed by atoms with van der Waals surface area (Å²) in [6, 6.07) is 8.20. The van der Waals surface area contributed by atoms with E-state index in [9.17, 15) is 18.4 Å². The molecule has 13 heteroatoms. The summed E-state index contributed by atoms with van der Waals surface area (Å²) in [5, 5.41) is 13.5. The molecule has 0 saturated heterocycles. The largest absolute Gasteiger partial charge is 0.496 e. The van der Waals surface area contributed by atoms with Gasteiger partial charge in [-0.2, -0.15) is 0 Å². The Kier molecular flexibility index (Phi) is 6.64. The van der Waals surface area contributed by atoms with Crippen LogP contribution in [0.15, 0.2) is 55.1 Å². The fourth-order valence-electron chi connectivity index (χ4n) is 4.33. The molecule has 39 heavy (non-hydrogen) atoms. The quantitative estimate of drug-likeness (QED) is 0.305. The Morgan fingerprint density at radius 3 is 2.64 bits per heavy atom. The van der Waals surface area contributed by atoms with Crippen molar-refractivity contribution in [1.82, 2.24) is 25.1 Å². The van der Waals surface area contributed by atoms with Crippen LogP contribution in [-0.2, 0) is 4.79 Å². The van der Waals surface area contributed by atoms with Crippen molar-refractivity contribution in [2.45, 2.75) is 25.1 Å². The summed E-state index contributed by atoms with van der Waals surface area (Å²) in [5.74, 6) is -3.23. The molecular weight excluding hydrogens is 515 g/mol. The van der Waals surface area contributed by atoms with Gasteiger partial charge in [0.1, 0.15) is 35.3 Å². The lowest BCUT2D eigenvalue weighted by Gasteiger charge is -2.30. The number of aromatic nitrogens is 4. The first-order valence-electron chi connectivity index (χ1n) is 11.7. The Labute approximate surface area is 219 Å². The fourth-order valence-corrected chi connectivity index (χ4v) is 4.33. The highest BCUT2D eigenvalue weighted by atomic mass is 19.1. The molecule has 4 N–H and O–H groups in total. The van der Waals surface area contributed by atoms with Gasteiger partial charge in [0.05, 0.1) is 12.7 Å². The summed E-state index contributed by atoms with van der Waals surface area (Å²) in [5.41, 5.74) is 7.64. The van der Waals surface area contributed by atoms with Gasteiger partial charge >= 0.3 is 0 Å². The topological polar surface area (TPSA) is 137 Å². The number of amides is 2. The molecule has 200 valence electrons. The molecule has 1 aliphatic carbocycles. The average molecular weight is 538 g/mol. The van der Waals surface area contributed by atoms with Gasteiger partial charge in [0, 0.05) is 22.9 Å². The molecule has 0 aliphatic heterocycles. The highest BCUT2D eigenvalue weighted by Gasteiger charge is 2.31. The molecule has 0 unspecified atom stereocenters. The third-order valence-corrected chi connectivity index (χ3v) is 6.35. The van der Waals surface area contributed by atoms with E-state index in [-0.39, 0.29) is 58.5 Å². The number of halogens is 3. The first kappa shape index (κ1) is 25.7. The molecular formula is C26H22F3N7O3. The van der Waals surface area contributed by atoms with Gasteiger partial charge in [-0.05, 0) is 48.7 Å². The maximum Gasteiger partial charge on any atom is 0.283 e. The molecule has 0 spiro atoms. The van der Waals surface area contributed by atoms with Crippen LogP contribution in [0.2, 0.25) is 0 Å². The van der Waals surface area contributed by atoms with Crippen LogP contribution in [-0.4, -0.2) is 50.9 Å². The number of nitrogens with one attached hydrogen (secondary N) is 2. The summed E-state index contributed by atoms with van der Waals surface area (Å²) >= 11 is 0. The Morgan fingerprint density at radius 2 is 1.97 bits per heavy atom. The van der Waals surface area contributed by atoms with E-state index in [1.165, 1.54) is 36.3 Å². The Hall–Kier alpha value is -4.94. The van der Waals surface area contributed by atoms with Crippen LogP contribution in [0.5, 0.6) is 5.75 Å². The number of fused-ring (bicyclic) bond motifs is 1. The molecule has 2 heterocycles. The lowest BCUT2D eigenvalue weighted by Crippen LogP contribution is -2.45. The molecule has 1 aliphatic rings. The second-order valence-corrected chi connectivity index (χ2v) is 8.91. The fraction of sp³-hybridized carbons (Fsp3) is 0.192. The Morgan fingerprint density at radius 1 is 1.21 bits per heavy atom. The summed E-state index contributed by atoms with van der Waals surface area (Å²) < 4.78 is 48.3. The number of carbonyl (C=O) groups excluding carboxylic acids is 2. The van der Waals surface area contributed by atoms with Crippen LogP contribution in [0, 0.1) is 5.82 Å². The number of methoxy groups -OCH3 is 1. The van der Waals surface area contributed by atoms with E-state index < -0.39 is 29.6 Å². The monoisotopic (exact) mass is 537 g/mol. The van der Waals surface area contributed by atoms with Crippen molar-refractivity contribution in [2.75, 3.05) is 18.2 Å². The number of nitrogens with two attached hydrogens (primary N) is 1. The predicted octanol–water partition coefficient (Wildman–Crippen LogP) is 3.84. The molecule has 5 rings (SSSR count). The number of rotatable bonds is 7. The van der Waals surface area contributed by atoms with Crippen LogP contribution in [0.25, 0.3) is 27.9 Å². The third-order valence-electron chi connectivity index (χ3n) is 6.35. The van der Waals surface area contributed by atoms with Crippen LogP contribution in [0.1, 0.15) is 23.2 Å². The van der Waals surface area contributed by atoms with Gasteiger partial charge in [-0.1, -0.05) is 12.6 Å². The van der Waals surface area contributed by atoms with E-state index in [1.807, 2.05) is 0 Å². The van der Waals surface area contributed by atoms with Crippen molar-refractivity contribution in [3.63, 3.8) is 0 Å². The molecule has 0 bridgehead atoms. The van der Waals surface area contributed by atoms with Gasteiger partial charge in [0.2, 0.25) is 0 Å². The lowest BCUT2D eigenvalue weighted by atomic mass is 9.90. The van der Waals surface area contributed by atoms with E-state index in [2.05, 4.69) is 32.4 Å². The van der Waals surface area contributed by atoms with Gasteiger partial charge in [0.15, 0.2) is 11.6 Å². The SMILES string of the molecule is C=C(F)C(=O)Nc1ccc(-c2nn3ncnc(N)c3c2-c2ccc(C(=O)NC3CC(F)C3)c(OC)c2)c(F)c1. The van der Waals surface area contributed by atoms with E-state index in [4.69, 9.17) is 10.5 Å². The van der Waals surface area contributed by atoms with Crippen LogP contribution >= 0.6 is 0 Å². The summed E-state index contributed by atoms with van der Waals surface area (Å²) in [7, 11) is 1.39. The van der Waals surface area contributed by atoms with E-state index in [1.54, 1.807) is 12.1 Å². The molecule has 2 amide bonds. The zero-order chi connectivity index (χ0) is 27.8. The van der Waals surface area contributed by atoms with Gasteiger partial charge in [-0.15, -0.1) is 14.8 Å². The van der Waals surface area contributed by atoms with Gasteiger partial charge in [-0.3, -0.25) is 9.59 Å². The standard InChI is InChI=1S/C26H22F3N7O3/c1-12(27)25(37)33-15-4-6-17(19(29)10-15)22-21(23-24(30)31-11-32-36(23)35-22)13-3-5-18(20(7-13)39-2)26(38)34-16-8-14(28)9-16/h3-7,10-11,14,16H,1,8-9H2,2H3,(H,33,37)(H,34,38)(H2,30,31,32). The normalized spacial score (nSPS) is 16.4. The summed E-state index contributed by atoms with van der Waals surface area (Å²) in [4.78, 5) is 28.4. The lowest BCUT2D eigenvalue weighted by molar-refractivity contribution is -0.114. The first-order valence-corrected chi connectivity index (χ1v) is 11.7. The molecule has 1 fully saturated rings. The minimum absolute atomic E-state index is 0.00671. The zero-order valence-corrected chi connectivity index (χ0v) is 20.5. The predicted molar refractivity (Wildman–Crippen MR) is 137 cm³/mol. The number of carbonyl (C=O) groups is 2. The average Bonchev–Trinajstić information content (AvgIpc) is 3.28. The van der Waals surface area contributed by atoms with Crippen LogP contribution < -0.4 is 21.1 Å². The highest BCUT2D eigenvalue weighted by Crippen LogP contribution is 2.40. The second-order valence-electron chi connectivity index (χ2n) is 8.91. The number of alkyl halides is 1. The van der Waals surface area contributed by atoms with Crippen molar-refractivity contribution in [3.05, 3.63) is 66.5 Å². The zero-order valence-electron chi connectivity index (χ0n) is 20.5. The molecule has 0 radical (unpaired) electrons. The molecule has 2 aromatic heterocycles.